The fraction of sp³-hybridized carbons (Fsp3) is 0.892. The molecule has 2 aliphatic heterocycles. The van der Waals surface area contributed by atoms with Crippen LogP contribution in [0, 0.1) is 0 Å². The van der Waals surface area contributed by atoms with Crippen LogP contribution in [0.1, 0.15) is 168 Å². The second-order valence-electron chi connectivity index (χ2n) is 14.0. The monoisotopic (exact) mass is 654 g/mol. The first-order valence-electron chi connectivity index (χ1n) is 18.5. The Labute approximate surface area is 278 Å². The summed E-state index contributed by atoms with van der Waals surface area (Å²) in [4.78, 5) is 23.5. The Bertz CT molecular complexity index is 873. The van der Waals surface area contributed by atoms with Gasteiger partial charge in [-0.15, -0.1) is 0 Å². The molecule has 0 aromatic carbocycles. The minimum Gasteiger partial charge on any atom is -0.462 e. The van der Waals surface area contributed by atoms with Crippen molar-refractivity contribution in [3.63, 3.8) is 0 Å². The molecule has 268 valence electrons. The highest BCUT2D eigenvalue weighted by Gasteiger charge is 2.35. The van der Waals surface area contributed by atoms with Gasteiger partial charge in [0.1, 0.15) is 6.10 Å². The molecule has 2 aliphatic rings. The molecule has 0 amide bonds. The van der Waals surface area contributed by atoms with Crippen molar-refractivity contribution in [2.75, 3.05) is 0 Å². The minimum atomic E-state index is -1.62. The van der Waals surface area contributed by atoms with Crippen molar-refractivity contribution < 1.29 is 44.2 Å². The molecule has 46 heavy (non-hydrogen) atoms. The zero-order valence-corrected chi connectivity index (χ0v) is 29.1. The molecule has 0 saturated carbocycles. The van der Waals surface area contributed by atoms with Gasteiger partial charge in [0.15, 0.2) is 0 Å². The van der Waals surface area contributed by atoms with E-state index in [2.05, 4.69) is 6.92 Å². The Morgan fingerprint density at radius 3 is 1.78 bits per heavy atom. The standard InChI is InChI=1S/C37H66O9/c1-4-5-6-7-8-9-10-11-12-16-22-32(40)34-24-25-35(45-34)33(41)23-18-17-20-30(39)19-14-13-15-21-31(44-28(2)38)26-29-27-37(3,43)46-36(29)42/h27,30-35,39-41,43H,4-26H2,1-3H3/t30-,31-,32-,33-,34-,35-,37?/m1/s1. The molecular weight excluding hydrogens is 588 g/mol. The molecule has 0 spiro atoms. The molecular formula is C37H66O9. The van der Waals surface area contributed by atoms with Gasteiger partial charge in [0, 0.05) is 25.8 Å². The molecule has 9 nitrogen and oxygen atoms in total. The average Bonchev–Trinajstić information content (AvgIpc) is 3.59. The molecule has 7 atom stereocenters. The van der Waals surface area contributed by atoms with Gasteiger partial charge in [0.05, 0.1) is 30.5 Å². The summed E-state index contributed by atoms with van der Waals surface area (Å²) in [7, 11) is 0. The van der Waals surface area contributed by atoms with Crippen LogP contribution in [0.3, 0.4) is 0 Å². The molecule has 0 aliphatic carbocycles. The maximum atomic E-state index is 12.0. The predicted molar refractivity (Wildman–Crippen MR) is 179 cm³/mol. The van der Waals surface area contributed by atoms with E-state index in [-0.39, 0.29) is 18.6 Å². The van der Waals surface area contributed by atoms with Gasteiger partial charge in [-0.2, -0.15) is 0 Å². The quantitative estimate of drug-likeness (QED) is 0.0546. The van der Waals surface area contributed by atoms with Crippen molar-refractivity contribution in [2.24, 2.45) is 0 Å². The lowest BCUT2D eigenvalue weighted by molar-refractivity contribution is -0.173. The normalized spacial score (nSPS) is 24.0. The van der Waals surface area contributed by atoms with Crippen LogP contribution < -0.4 is 0 Å². The topological polar surface area (TPSA) is 143 Å². The average molecular weight is 655 g/mol. The van der Waals surface area contributed by atoms with Gasteiger partial charge < -0.3 is 34.6 Å². The third-order valence-electron chi connectivity index (χ3n) is 9.43. The summed E-state index contributed by atoms with van der Waals surface area (Å²) in [5, 5.41) is 41.6. The number of esters is 2. The smallest absolute Gasteiger partial charge is 0.336 e. The summed E-state index contributed by atoms with van der Waals surface area (Å²) in [6.45, 7) is 4.97. The fourth-order valence-electron chi connectivity index (χ4n) is 6.76. The van der Waals surface area contributed by atoms with Crippen LogP contribution in [0.15, 0.2) is 11.6 Å². The van der Waals surface area contributed by atoms with Crippen LogP contribution in [-0.2, 0) is 23.8 Å². The third-order valence-corrected chi connectivity index (χ3v) is 9.43. The van der Waals surface area contributed by atoms with E-state index in [0.717, 1.165) is 64.2 Å². The molecule has 0 radical (unpaired) electrons. The van der Waals surface area contributed by atoms with Crippen molar-refractivity contribution in [1.82, 2.24) is 0 Å². The van der Waals surface area contributed by atoms with Gasteiger partial charge in [-0.3, -0.25) is 4.79 Å². The Morgan fingerprint density at radius 1 is 0.804 bits per heavy atom. The molecule has 2 rings (SSSR count). The Balaban J connectivity index is 1.49. The molecule has 2 heterocycles. The number of hydrogen-bond acceptors (Lipinski definition) is 9. The van der Waals surface area contributed by atoms with Crippen LogP contribution >= 0.6 is 0 Å². The first-order valence-corrected chi connectivity index (χ1v) is 18.5. The van der Waals surface area contributed by atoms with Gasteiger partial charge in [0.25, 0.3) is 0 Å². The van der Waals surface area contributed by atoms with E-state index in [1.54, 1.807) is 0 Å². The highest BCUT2D eigenvalue weighted by atomic mass is 16.7. The van der Waals surface area contributed by atoms with Crippen molar-refractivity contribution in [1.29, 1.82) is 0 Å². The molecule has 9 heteroatoms. The zero-order valence-electron chi connectivity index (χ0n) is 29.1. The van der Waals surface area contributed by atoms with Crippen LogP contribution in [0.4, 0.5) is 0 Å². The van der Waals surface area contributed by atoms with Gasteiger partial charge in [-0.25, -0.2) is 4.79 Å². The van der Waals surface area contributed by atoms with Crippen LogP contribution in [0.25, 0.3) is 0 Å². The lowest BCUT2D eigenvalue weighted by Gasteiger charge is -2.22. The number of cyclic esters (lactones) is 1. The maximum absolute atomic E-state index is 12.0. The lowest BCUT2D eigenvalue weighted by atomic mass is 9.98. The van der Waals surface area contributed by atoms with Crippen LogP contribution in [0.2, 0.25) is 0 Å². The van der Waals surface area contributed by atoms with E-state index in [4.69, 9.17) is 14.2 Å². The zero-order chi connectivity index (χ0) is 33.8. The fourth-order valence-corrected chi connectivity index (χ4v) is 6.76. The van der Waals surface area contributed by atoms with Crippen molar-refractivity contribution in [2.45, 2.75) is 211 Å². The molecule has 1 fully saturated rings. The maximum Gasteiger partial charge on any atom is 0.336 e. The number of unbranched alkanes of at least 4 members (excludes halogenated alkanes) is 12. The molecule has 0 aromatic heterocycles. The SMILES string of the molecule is CCCCCCCCCCCC[C@@H](O)[C@H]1CC[C@H]([C@H](O)CCCC[C@H](O)CCCCC[C@H](CC2=CC(C)(O)OC2=O)OC(C)=O)O1. The summed E-state index contributed by atoms with van der Waals surface area (Å²) in [5.41, 5.74) is 0.313. The first-order chi connectivity index (χ1) is 22.0. The number of rotatable bonds is 27. The van der Waals surface area contributed by atoms with Crippen molar-refractivity contribution >= 4 is 11.9 Å². The third kappa shape index (κ3) is 17.6. The lowest BCUT2D eigenvalue weighted by Crippen LogP contribution is -2.31. The second kappa shape index (κ2) is 22.9. The number of carbonyl (C=O) groups excluding carboxylic acids is 2. The van der Waals surface area contributed by atoms with E-state index >= 15 is 0 Å². The number of aliphatic hydroxyl groups excluding tert-OH is 3. The summed E-state index contributed by atoms with van der Waals surface area (Å²) >= 11 is 0. The Hall–Kier alpha value is -1.52. The molecule has 1 unspecified atom stereocenters. The van der Waals surface area contributed by atoms with E-state index in [1.165, 1.54) is 71.3 Å². The molecule has 4 N–H and O–H groups in total. The van der Waals surface area contributed by atoms with Gasteiger partial charge >= 0.3 is 11.9 Å². The summed E-state index contributed by atoms with van der Waals surface area (Å²) < 4.78 is 16.3. The summed E-state index contributed by atoms with van der Waals surface area (Å²) in [5.74, 6) is -2.63. The molecule has 0 aromatic rings. The van der Waals surface area contributed by atoms with Crippen molar-refractivity contribution in [3.05, 3.63) is 11.6 Å². The summed E-state index contributed by atoms with van der Waals surface area (Å²) in [6, 6.07) is 0. The summed E-state index contributed by atoms with van der Waals surface area (Å²) in [6.07, 6.45) is 21.2. The van der Waals surface area contributed by atoms with Crippen LogP contribution in [-0.4, -0.2) is 74.8 Å². The number of hydrogen-bond donors (Lipinski definition) is 4. The highest BCUT2D eigenvalue weighted by Crippen LogP contribution is 2.29. The van der Waals surface area contributed by atoms with E-state index < -0.39 is 42.1 Å². The second-order valence-corrected chi connectivity index (χ2v) is 14.0. The van der Waals surface area contributed by atoms with E-state index in [0.29, 0.717) is 31.3 Å². The van der Waals surface area contributed by atoms with Gasteiger partial charge in [-0.05, 0) is 57.4 Å². The Morgan fingerprint density at radius 2 is 1.26 bits per heavy atom. The van der Waals surface area contributed by atoms with Crippen LogP contribution in [0.5, 0.6) is 0 Å². The van der Waals surface area contributed by atoms with E-state index in [9.17, 15) is 30.0 Å². The van der Waals surface area contributed by atoms with Crippen molar-refractivity contribution in [3.8, 4) is 0 Å². The Kier molecular flexibility index (Phi) is 20.3. The van der Waals surface area contributed by atoms with Gasteiger partial charge in [-0.1, -0.05) is 96.8 Å². The largest absolute Gasteiger partial charge is 0.462 e. The first kappa shape index (κ1) is 40.7. The molecule has 0 bridgehead atoms. The number of aliphatic hydroxyl groups is 4. The minimum absolute atomic E-state index is 0.169. The predicted octanol–water partition coefficient (Wildman–Crippen LogP) is 6.95. The number of ether oxygens (including phenoxy) is 3. The number of carbonyl (C=O) groups is 2. The van der Waals surface area contributed by atoms with E-state index in [1.807, 2.05) is 0 Å². The van der Waals surface area contributed by atoms with Gasteiger partial charge in [0.2, 0.25) is 5.79 Å². The molecule has 1 saturated heterocycles. The highest BCUT2D eigenvalue weighted by molar-refractivity contribution is 5.91.